The van der Waals surface area contributed by atoms with Gasteiger partial charge in [-0.05, 0) is 55.0 Å². The van der Waals surface area contributed by atoms with Gasteiger partial charge in [0, 0.05) is 24.7 Å². The number of aromatic nitrogens is 1. The zero-order chi connectivity index (χ0) is 22.7. The number of methoxy groups -OCH3 is 1. The number of carbonyl (C=O) groups is 1. The summed E-state index contributed by atoms with van der Waals surface area (Å²) in [6.45, 7) is 0.558. The van der Waals surface area contributed by atoms with E-state index in [1.54, 1.807) is 12.3 Å². The predicted molar refractivity (Wildman–Crippen MR) is 128 cm³/mol. The van der Waals surface area contributed by atoms with Crippen LogP contribution in [0.1, 0.15) is 36.4 Å². The molecule has 166 valence electrons. The number of pyridine rings is 1. The van der Waals surface area contributed by atoms with Crippen LogP contribution < -0.4 is 5.32 Å². The molecule has 1 aliphatic heterocycles. The first-order chi connectivity index (χ1) is 15.5. The molecule has 1 N–H and O–H groups in total. The summed E-state index contributed by atoms with van der Waals surface area (Å²) in [7, 11) is 1.38. The Labute approximate surface area is 201 Å². The molecule has 0 unspecified atom stereocenters. The molecule has 1 saturated heterocycles. The molecule has 1 aliphatic rings. The minimum Gasteiger partial charge on any atom is -0.469 e. The van der Waals surface area contributed by atoms with E-state index < -0.39 is 0 Å². The van der Waals surface area contributed by atoms with Crippen LogP contribution >= 0.6 is 35.4 Å². The Kier molecular flexibility index (Phi) is 6.98. The second kappa shape index (κ2) is 9.90. The average Bonchev–Trinajstić information content (AvgIpc) is 3.41. The zero-order valence-electron chi connectivity index (χ0n) is 17.3. The second-order valence-electron chi connectivity index (χ2n) is 7.30. The molecule has 32 heavy (non-hydrogen) atoms. The lowest BCUT2D eigenvalue weighted by molar-refractivity contribution is -0.140. The molecule has 3 aromatic rings. The van der Waals surface area contributed by atoms with Gasteiger partial charge in [0.2, 0.25) is 0 Å². The maximum absolute atomic E-state index is 11.6. The van der Waals surface area contributed by atoms with Crippen LogP contribution in [-0.2, 0) is 9.53 Å². The van der Waals surface area contributed by atoms with E-state index in [1.807, 2.05) is 47.4 Å². The highest BCUT2D eigenvalue weighted by atomic mass is 35.5. The number of rotatable bonds is 7. The number of nitrogens with one attached hydrogen (secondary N) is 1. The van der Waals surface area contributed by atoms with Gasteiger partial charge in [0.05, 0.1) is 28.9 Å². The fourth-order valence-electron chi connectivity index (χ4n) is 3.80. The summed E-state index contributed by atoms with van der Waals surface area (Å²) < 4.78 is 11.0. The summed E-state index contributed by atoms with van der Waals surface area (Å²) in [5.41, 5.74) is 1.56. The van der Waals surface area contributed by atoms with Crippen molar-refractivity contribution in [1.82, 2.24) is 15.2 Å². The second-order valence-corrected chi connectivity index (χ2v) is 8.47. The van der Waals surface area contributed by atoms with Crippen LogP contribution in [0.2, 0.25) is 10.0 Å². The fourth-order valence-corrected chi connectivity index (χ4v) is 4.53. The van der Waals surface area contributed by atoms with Crippen molar-refractivity contribution in [2.24, 2.45) is 0 Å². The molecule has 6 nitrogen and oxygen atoms in total. The highest BCUT2D eigenvalue weighted by molar-refractivity contribution is 7.80. The van der Waals surface area contributed by atoms with E-state index in [0.717, 1.165) is 5.69 Å². The molecular formula is C23H21Cl2N3O3S. The van der Waals surface area contributed by atoms with Gasteiger partial charge in [0.15, 0.2) is 5.11 Å². The summed E-state index contributed by atoms with van der Waals surface area (Å²) in [5.74, 6) is 1.06. The van der Waals surface area contributed by atoms with Gasteiger partial charge in [-0.15, -0.1) is 0 Å². The third-order valence-corrected chi connectivity index (χ3v) is 6.51. The van der Waals surface area contributed by atoms with E-state index in [4.69, 9.17) is 44.6 Å². The lowest BCUT2D eigenvalue weighted by atomic mass is 10.0. The van der Waals surface area contributed by atoms with Crippen LogP contribution in [0.5, 0.6) is 0 Å². The molecular weight excluding hydrogens is 469 g/mol. The molecule has 1 aromatic carbocycles. The number of benzene rings is 1. The van der Waals surface area contributed by atoms with E-state index in [2.05, 4.69) is 10.3 Å². The maximum Gasteiger partial charge on any atom is 0.305 e. The van der Waals surface area contributed by atoms with Gasteiger partial charge >= 0.3 is 5.97 Å². The monoisotopic (exact) mass is 489 g/mol. The van der Waals surface area contributed by atoms with E-state index in [1.165, 1.54) is 7.11 Å². The van der Waals surface area contributed by atoms with Crippen molar-refractivity contribution in [1.29, 1.82) is 0 Å². The van der Waals surface area contributed by atoms with Crippen molar-refractivity contribution < 1.29 is 13.9 Å². The molecule has 0 bridgehead atoms. The largest absolute Gasteiger partial charge is 0.469 e. The third kappa shape index (κ3) is 4.60. The van der Waals surface area contributed by atoms with Gasteiger partial charge in [-0.2, -0.15) is 0 Å². The van der Waals surface area contributed by atoms with Gasteiger partial charge < -0.3 is 19.4 Å². The van der Waals surface area contributed by atoms with Crippen LogP contribution in [-0.4, -0.2) is 34.6 Å². The van der Waals surface area contributed by atoms with Crippen molar-refractivity contribution in [2.45, 2.75) is 24.9 Å². The summed E-state index contributed by atoms with van der Waals surface area (Å²) in [5, 5.41) is 4.84. The normalized spacial score (nSPS) is 18.0. The molecule has 2 atom stereocenters. The highest BCUT2D eigenvalue weighted by Crippen LogP contribution is 2.42. The highest BCUT2D eigenvalue weighted by Gasteiger charge is 2.41. The van der Waals surface area contributed by atoms with Crippen molar-refractivity contribution in [3.8, 4) is 11.3 Å². The maximum atomic E-state index is 11.6. The van der Waals surface area contributed by atoms with Gasteiger partial charge in [-0.3, -0.25) is 9.78 Å². The molecule has 9 heteroatoms. The fraction of sp³-hybridized carbons (Fsp3) is 0.261. The van der Waals surface area contributed by atoms with E-state index in [-0.39, 0.29) is 18.1 Å². The van der Waals surface area contributed by atoms with Crippen LogP contribution in [0, 0.1) is 0 Å². The third-order valence-electron chi connectivity index (χ3n) is 5.34. The standard InChI is InChI=1S/C23H21Cl2N3O3S/c1-30-19(29)9-5-13-28-22(21(27-23(28)32)16-8-2-3-12-26-16)18-11-10-17(31-18)14-6-4-7-15(24)20(14)25/h2-4,6-8,10-12,21-22H,5,9,13H2,1H3,(H,27,32)/t21-,22-/m0/s1. The van der Waals surface area contributed by atoms with Crippen LogP contribution in [0.3, 0.4) is 0 Å². The minimum absolute atomic E-state index is 0.212. The number of halogens is 2. The summed E-state index contributed by atoms with van der Waals surface area (Å²) in [6.07, 6.45) is 2.64. The van der Waals surface area contributed by atoms with Crippen LogP contribution in [0.25, 0.3) is 11.3 Å². The van der Waals surface area contributed by atoms with E-state index >= 15 is 0 Å². The Balaban J connectivity index is 1.67. The molecule has 2 aromatic heterocycles. The Morgan fingerprint density at radius 1 is 1.22 bits per heavy atom. The Morgan fingerprint density at radius 2 is 2.06 bits per heavy atom. The number of ether oxygens (including phenoxy) is 1. The van der Waals surface area contributed by atoms with E-state index in [0.29, 0.717) is 51.6 Å². The molecule has 4 rings (SSSR count). The molecule has 0 aliphatic carbocycles. The summed E-state index contributed by atoms with van der Waals surface area (Å²) >= 11 is 18.2. The van der Waals surface area contributed by atoms with Gasteiger partial charge in [-0.1, -0.05) is 35.3 Å². The number of furan rings is 1. The number of hydrogen-bond acceptors (Lipinski definition) is 5. The molecule has 0 radical (unpaired) electrons. The SMILES string of the molecule is COC(=O)CCCN1C(=S)N[C@@H](c2ccccn2)[C@@H]1c1ccc(-c2cccc(Cl)c2Cl)o1. The lowest BCUT2D eigenvalue weighted by Gasteiger charge is -2.25. The molecule has 0 spiro atoms. The quantitative estimate of drug-likeness (QED) is 0.343. The molecule has 1 fully saturated rings. The van der Waals surface area contributed by atoms with Crippen molar-refractivity contribution >= 4 is 46.5 Å². The zero-order valence-corrected chi connectivity index (χ0v) is 19.6. The number of esters is 1. The minimum atomic E-state index is -0.253. The Bertz CT molecular complexity index is 1120. The van der Waals surface area contributed by atoms with Crippen LogP contribution in [0.15, 0.2) is 59.1 Å². The van der Waals surface area contributed by atoms with Crippen molar-refractivity contribution in [3.63, 3.8) is 0 Å². The lowest BCUT2D eigenvalue weighted by Crippen LogP contribution is -2.30. The topological polar surface area (TPSA) is 67.6 Å². The van der Waals surface area contributed by atoms with E-state index in [9.17, 15) is 4.79 Å². The summed E-state index contributed by atoms with van der Waals surface area (Å²) in [4.78, 5) is 18.1. The Hall–Kier alpha value is -2.61. The number of thiocarbonyl (C=S) groups is 1. The molecule has 3 heterocycles. The first kappa shape index (κ1) is 22.6. The average molecular weight is 490 g/mol. The number of carbonyl (C=O) groups excluding carboxylic acids is 1. The smallest absolute Gasteiger partial charge is 0.305 e. The predicted octanol–water partition coefficient (Wildman–Crippen LogP) is 5.57. The Morgan fingerprint density at radius 3 is 2.81 bits per heavy atom. The first-order valence-corrected chi connectivity index (χ1v) is 11.2. The van der Waals surface area contributed by atoms with Gasteiger partial charge in [0.1, 0.15) is 17.6 Å². The van der Waals surface area contributed by atoms with Gasteiger partial charge in [-0.25, -0.2) is 0 Å². The van der Waals surface area contributed by atoms with Gasteiger partial charge in [0.25, 0.3) is 0 Å². The molecule has 0 amide bonds. The number of hydrogen-bond donors (Lipinski definition) is 1. The summed E-state index contributed by atoms with van der Waals surface area (Å²) in [6, 6.07) is 14.5. The van der Waals surface area contributed by atoms with Crippen LogP contribution in [0.4, 0.5) is 0 Å². The number of nitrogens with zero attached hydrogens (tertiary/aromatic N) is 2. The van der Waals surface area contributed by atoms with Crippen molar-refractivity contribution in [2.75, 3.05) is 13.7 Å². The first-order valence-electron chi connectivity index (χ1n) is 10.1. The van der Waals surface area contributed by atoms with Crippen molar-refractivity contribution in [3.05, 3.63) is 76.2 Å². The molecule has 0 saturated carbocycles.